The first-order valence-electron chi connectivity index (χ1n) is 2.87. The molecule has 1 radical (unpaired) electrons. The second kappa shape index (κ2) is 3.28. The number of ether oxygens (including phenoxy) is 1. The molecule has 51 valence electrons. The molecule has 0 amide bonds. The Morgan fingerprint density at radius 3 is 2.56 bits per heavy atom. The number of carbonyl (C=O) groups excluding carboxylic acids is 1. The van der Waals surface area contributed by atoms with Crippen molar-refractivity contribution in [3.8, 4) is 0 Å². The zero-order valence-corrected chi connectivity index (χ0v) is 5.81. The third kappa shape index (κ3) is 2.31. The van der Waals surface area contributed by atoms with Gasteiger partial charge in [0.1, 0.15) is 5.60 Å². The summed E-state index contributed by atoms with van der Waals surface area (Å²) in [6.07, 6.45) is 2.32. The molecule has 0 spiro atoms. The van der Waals surface area contributed by atoms with Crippen molar-refractivity contribution in [2.24, 2.45) is 0 Å². The van der Waals surface area contributed by atoms with E-state index in [-0.39, 0.29) is 0 Å². The Bertz CT molecular complexity index is 109. The van der Waals surface area contributed by atoms with Gasteiger partial charge in [-0.15, -0.1) is 0 Å². The molecule has 0 aromatic heterocycles. The molecule has 2 heteroatoms. The van der Waals surface area contributed by atoms with E-state index in [1.807, 2.05) is 6.92 Å². The van der Waals surface area contributed by atoms with Gasteiger partial charge < -0.3 is 4.74 Å². The third-order valence-corrected chi connectivity index (χ3v) is 1.41. The molecule has 0 aliphatic rings. The fourth-order valence-corrected chi connectivity index (χ4v) is 0.353. The lowest BCUT2D eigenvalue weighted by Gasteiger charge is -2.19. The van der Waals surface area contributed by atoms with Gasteiger partial charge >= 0.3 is 6.47 Å². The van der Waals surface area contributed by atoms with Crippen molar-refractivity contribution in [2.75, 3.05) is 0 Å². The lowest BCUT2D eigenvalue weighted by molar-refractivity contribution is 0.115. The van der Waals surface area contributed by atoms with E-state index in [0.29, 0.717) is 0 Å². The standard InChI is InChI=1S/C7H11O2/c1-4-7(3,5-2)9-6-8/h4H,1,5H2,2-3H3. The molecule has 0 rings (SSSR count). The van der Waals surface area contributed by atoms with E-state index in [1.54, 1.807) is 13.0 Å². The Morgan fingerprint density at radius 1 is 1.89 bits per heavy atom. The highest BCUT2D eigenvalue weighted by Gasteiger charge is 2.17. The summed E-state index contributed by atoms with van der Waals surface area (Å²) in [5.74, 6) is 0. The summed E-state index contributed by atoms with van der Waals surface area (Å²) in [7, 11) is 0. The van der Waals surface area contributed by atoms with E-state index < -0.39 is 5.60 Å². The maximum atomic E-state index is 9.74. The fourth-order valence-electron chi connectivity index (χ4n) is 0.353. The molecule has 0 fully saturated rings. The number of rotatable bonds is 4. The highest BCUT2D eigenvalue weighted by molar-refractivity contribution is 5.40. The van der Waals surface area contributed by atoms with Gasteiger partial charge in [0.05, 0.1) is 0 Å². The number of hydrogen-bond acceptors (Lipinski definition) is 2. The van der Waals surface area contributed by atoms with Crippen molar-refractivity contribution >= 4 is 6.47 Å². The molecule has 1 atom stereocenters. The van der Waals surface area contributed by atoms with Crippen molar-refractivity contribution < 1.29 is 9.53 Å². The number of hydrogen-bond donors (Lipinski definition) is 0. The van der Waals surface area contributed by atoms with Crippen LogP contribution in [-0.4, -0.2) is 12.1 Å². The van der Waals surface area contributed by atoms with Crippen molar-refractivity contribution in [3.05, 3.63) is 12.7 Å². The van der Waals surface area contributed by atoms with Gasteiger partial charge in [-0.2, -0.15) is 0 Å². The molecule has 0 saturated heterocycles. The van der Waals surface area contributed by atoms with E-state index in [0.717, 1.165) is 6.42 Å². The predicted octanol–water partition coefficient (Wildman–Crippen LogP) is 1.42. The average Bonchev–Trinajstić information content (AvgIpc) is 1.89. The maximum absolute atomic E-state index is 9.74. The van der Waals surface area contributed by atoms with Gasteiger partial charge in [0.25, 0.3) is 0 Å². The van der Waals surface area contributed by atoms with Gasteiger partial charge in [-0.25, -0.2) is 4.79 Å². The summed E-state index contributed by atoms with van der Waals surface area (Å²) in [6.45, 7) is 8.61. The van der Waals surface area contributed by atoms with Gasteiger partial charge in [0.15, 0.2) is 0 Å². The van der Waals surface area contributed by atoms with Crippen LogP contribution < -0.4 is 0 Å². The molecular weight excluding hydrogens is 116 g/mol. The van der Waals surface area contributed by atoms with Crippen LogP contribution in [0.4, 0.5) is 0 Å². The summed E-state index contributed by atoms with van der Waals surface area (Å²) >= 11 is 0. The third-order valence-electron chi connectivity index (χ3n) is 1.41. The minimum Gasteiger partial charge on any atom is -0.447 e. The highest BCUT2D eigenvalue weighted by Crippen LogP contribution is 2.13. The zero-order valence-electron chi connectivity index (χ0n) is 5.81. The van der Waals surface area contributed by atoms with Crippen LogP contribution in [0.25, 0.3) is 0 Å². The van der Waals surface area contributed by atoms with Crippen LogP contribution >= 0.6 is 0 Å². The molecule has 2 nitrogen and oxygen atoms in total. The summed E-state index contributed by atoms with van der Waals surface area (Å²) < 4.78 is 4.60. The average molecular weight is 127 g/mol. The molecule has 0 aliphatic carbocycles. The smallest absolute Gasteiger partial charge is 0.418 e. The van der Waals surface area contributed by atoms with Gasteiger partial charge in [-0.1, -0.05) is 13.5 Å². The lowest BCUT2D eigenvalue weighted by Crippen LogP contribution is -2.23. The molecular formula is C7H11O2. The van der Waals surface area contributed by atoms with E-state index in [2.05, 4.69) is 11.3 Å². The highest BCUT2D eigenvalue weighted by atomic mass is 16.5. The van der Waals surface area contributed by atoms with Crippen LogP contribution in [0.2, 0.25) is 0 Å². The largest absolute Gasteiger partial charge is 0.447 e. The van der Waals surface area contributed by atoms with Crippen molar-refractivity contribution in [1.82, 2.24) is 0 Å². The van der Waals surface area contributed by atoms with Crippen LogP contribution in [0.15, 0.2) is 12.7 Å². The monoisotopic (exact) mass is 127 g/mol. The zero-order chi connectivity index (χ0) is 7.33. The van der Waals surface area contributed by atoms with Crippen LogP contribution in [0.5, 0.6) is 0 Å². The molecule has 0 N–H and O–H groups in total. The van der Waals surface area contributed by atoms with Crippen molar-refractivity contribution in [3.63, 3.8) is 0 Å². The second-order valence-corrected chi connectivity index (χ2v) is 2.06. The maximum Gasteiger partial charge on any atom is 0.418 e. The Balaban J connectivity index is 3.90. The molecule has 0 bridgehead atoms. The first-order chi connectivity index (χ1) is 4.18. The van der Waals surface area contributed by atoms with E-state index >= 15 is 0 Å². The molecule has 0 aromatic rings. The van der Waals surface area contributed by atoms with Crippen molar-refractivity contribution in [2.45, 2.75) is 25.9 Å². The normalized spacial score (nSPS) is 15.8. The Hall–Kier alpha value is -0.790. The summed E-state index contributed by atoms with van der Waals surface area (Å²) in [5.41, 5.74) is -0.526. The molecule has 0 saturated carbocycles. The Kier molecular flexibility index (Phi) is 2.99. The molecule has 0 aliphatic heterocycles. The van der Waals surface area contributed by atoms with E-state index in [9.17, 15) is 4.79 Å². The summed E-state index contributed by atoms with van der Waals surface area (Å²) in [6, 6.07) is 0. The Labute approximate surface area is 55.5 Å². The summed E-state index contributed by atoms with van der Waals surface area (Å²) in [5, 5.41) is 0. The van der Waals surface area contributed by atoms with Gasteiger partial charge in [-0.3, -0.25) is 0 Å². The van der Waals surface area contributed by atoms with Crippen LogP contribution in [0.3, 0.4) is 0 Å². The minimum absolute atomic E-state index is 0.526. The minimum atomic E-state index is -0.526. The molecule has 1 unspecified atom stereocenters. The van der Waals surface area contributed by atoms with Crippen LogP contribution in [0.1, 0.15) is 20.3 Å². The fraction of sp³-hybridized carbons (Fsp3) is 0.571. The van der Waals surface area contributed by atoms with Crippen LogP contribution in [-0.2, 0) is 9.53 Å². The quantitative estimate of drug-likeness (QED) is 0.534. The Morgan fingerprint density at radius 2 is 2.44 bits per heavy atom. The first kappa shape index (κ1) is 8.21. The molecule has 0 aromatic carbocycles. The van der Waals surface area contributed by atoms with E-state index in [1.165, 1.54) is 6.47 Å². The lowest BCUT2D eigenvalue weighted by atomic mass is 10.0. The van der Waals surface area contributed by atoms with Gasteiger partial charge in [0.2, 0.25) is 0 Å². The van der Waals surface area contributed by atoms with Crippen molar-refractivity contribution in [1.29, 1.82) is 0 Å². The first-order valence-corrected chi connectivity index (χ1v) is 2.87. The topological polar surface area (TPSA) is 26.3 Å². The SMILES string of the molecule is C=CC(C)(CC)O[C]=O. The van der Waals surface area contributed by atoms with Gasteiger partial charge in [0, 0.05) is 0 Å². The summed E-state index contributed by atoms with van der Waals surface area (Å²) in [4.78, 5) is 9.74. The second-order valence-electron chi connectivity index (χ2n) is 2.06. The molecule has 0 heterocycles. The van der Waals surface area contributed by atoms with Crippen LogP contribution in [0, 0.1) is 0 Å². The van der Waals surface area contributed by atoms with Gasteiger partial charge in [-0.05, 0) is 19.4 Å². The predicted molar refractivity (Wildman–Crippen MR) is 35.7 cm³/mol. The van der Waals surface area contributed by atoms with E-state index in [4.69, 9.17) is 0 Å². The molecule has 9 heavy (non-hydrogen) atoms.